The number of aliphatic hydroxyl groups is 1. The molecule has 0 aromatic heterocycles. The summed E-state index contributed by atoms with van der Waals surface area (Å²) in [6, 6.07) is 5.88. The molecule has 1 aromatic rings. The summed E-state index contributed by atoms with van der Waals surface area (Å²) in [6.45, 7) is 4.81. The number of carbonyl (C=O) groups is 1. The maximum absolute atomic E-state index is 12.0. The normalized spacial score (nSPS) is 18.7. The summed E-state index contributed by atoms with van der Waals surface area (Å²) in [4.78, 5) is 13.8. The van der Waals surface area contributed by atoms with E-state index in [0.29, 0.717) is 0 Å². The van der Waals surface area contributed by atoms with Gasteiger partial charge in [0.2, 0.25) is 0 Å². The minimum absolute atomic E-state index is 0.0321. The number of aryl methyl sites for hydroxylation is 2. The smallest absolute Gasteiger partial charge is 0.260 e. The van der Waals surface area contributed by atoms with Crippen molar-refractivity contribution in [3.05, 3.63) is 29.3 Å². The molecule has 0 bridgehead atoms. The quantitative estimate of drug-likeness (QED) is 0.899. The molecule has 4 nitrogen and oxygen atoms in total. The van der Waals surface area contributed by atoms with Gasteiger partial charge in [-0.25, -0.2) is 0 Å². The van der Waals surface area contributed by atoms with E-state index in [2.05, 4.69) is 6.07 Å². The van der Waals surface area contributed by atoms with E-state index in [1.807, 2.05) is 26.0 Å². The fraction of sp³-hybridized carbons (Fsp3) is 0.533. The van der Waals surface area contributed by atoms with Gasteiger partial charge in [-0.15, -0.1) is 0 Å². The third kappa shape index (κ3) is 3.47. The van der Waals surface area contributed by atoms with Gasteiger partial charge in [0.25, 0.3) is 5.91 Å². The van der Waals surface area contributed by atoms with Gasteiger partial charge in [0.05, 0.1) is 12.6 Å². The van der Waals surface area contributed by atoms with Crippen LogP contribution in [0.5, 0.6) is 5.75 Å². The molecule has 0 spiro atoms. The molecule has 1 atom stereocenters. The first-order chi connectivity index (χ1) is 9.10. The van der Waals surface area contributed by atoms with Crippen LogP contribution in [-0.2, 0) is 4.79 Å². The second kappa shape index (κ2) is 6.06. The predicted octanol–water partition coefficient (Wildman–Crippen LogP) is 1.67. The second-order valence-corrected chi connectivity index (χ2v) is 5.18. The fourth-order valence-electron chi connectivity index (χ4n) is 2.60. The first kappa shape index (κ1) is 13.9. The molecule has 104 valence electrons. The van der Waals surface area contributed by atoms with Gasteiger partial charge in [0, 0.05) is 6.54 Å². The standard InChI is InChI=1S/C15H21NO3/c1-11-6-12(2)8-14(7-11)19-10-15(18)16-5-3-4-13(16)9-17/h6-8,13,17H,3-5,9-10H2,1-2H3/t13-/m1/s1. The van der Waals surface area contributed by atoms with Crippen molar-refractivity contribution in [3.8, 4) is 5.75 Å². The number of benzene rings is 1. The Balaban J connectivity index is 1.93. The zero-order valence-electron chi connectivity index (χ0n) is 11.6. The van der Waals surface area contributed by atoms with Crippen molar-refractivity contribution in [1.82, 2.24) is 4.90 Å². The highest BCUT2D eigenvalue weighted by Crippen LogP contribution is 2.19. The summed E-state index contributed by atoms with van der Waals surface area (Å²) >= 11 is 0. The van der Waals surface area contributed by atoms with Crippen LogP contribution in [0.25, 0.3) is 0 Å². The van der Waals surface area contributed by atoms with Gasteiger partial charge in [0.1, 0.15) is 5.75 Å². The Morgan fingerprint density at radius 3 is 2.68 bits per heavy atom. The van der Waals surface area contributed by atoms with Crippen LogP contribution >= 0.6 is 0 Å². The van der Waals surface area contributed by atoms with Crippen LogP contribution in [0, 0.1) is 13.8 Å². The van der Waals surface area contributed by atoms with Crippen LogP contribution in [0.2, 0.25) is 0 Å². The van der Waals surface area contributed by atoms with Gasteiger partial charge in [0.15, 0.2) is 6.61 Å². The van der Waals surface area contributed by atoms with E-state index in [9.17, 15) is 9.90 Å². The van der Waals surface area contributed by atoms with Crippen LogP contribution in [0.4, 0.5) is 0 Å². The van der Waals surface area contributed by atoms with Crippen molar-refractivity contribution in [3.63, 3.8) is 0 Å². The molecule has 1 aliphatic heterocycles. The van der Waals surface area contributed by atoms with Gasteiger partial charge in [-0.1, -0.05) is 6.07 Å². The van der Waals surface area contributed by atoms with Gasteiger partial charge in [-0.2, -0.15) is 0 Å². The zero-order chi connectivity index (χ0) is 13.8. The zero-order valence-corrected chi connectivity index (χ0v) is 11.6. The molecule has 1 saturated heterocycles. The van der Waals surface area contributed by atoms with Crippen LogP contribution in [0.1, 0.15) is 24.0 Å². The van der Waals surface area contributed by atoms with Crippen molar-refractivity contribution in [1.29, 1.82) is 0 Å². The number of aliphatic hydroxyl groups excluding tert-OH is 1. The van der Waals surface area contributed by atoms with Crippen molar-refractivity contribution in [2.24, 2.45) is 0 Å². The van der Waals surface area contributed by atoms with Gasteiger partial charge in [-0.3, -0.25) is 4.79 Å². The minimum atomic E-state index is -0.0456. The first-order valence-electron chi connectivity index (χ1n) is 6.71. The summed E-state index contributed by atoms with van der Waals surface area (Å²) < 4.78 is 5.56. The number of carbonyl (C=O) groups excluding carboxylic acids is 1. The number of hydrogen-bond acceptors (Lipinski definition) is 3. The molecule has 2 rings (SSSR count). The molecule has 1 aliphatic rings. The molecule has 0 saturated carbocycles. The first-order valence-corrected chi connectivity index (χ1v) is 6.71. The average molecular weight is 263 g/mol. The number of ether oxygens (including phenoxy) is 1. The molecule has 0 radical (unpaired) electrons. The van der Waals surface area contributed by atoms with Crippen LogP contribution in [0.3, 0.4) is 0 Å². The number of rotatable bonds is 4. The Bertz CT molecular complexity index is 438. The summed E-state index contributed by atoms with van der Waals surface area (Å²) in [5, 5.41) is 9.21. The summed E-state index contributed by atoms with van der Waals surface area (Å²) in [7, 11) is 0. The molecule has 1 N–H and O–H groups in total. The van der Waals surface area contributed by atoms with Gasteiger partial charge in [-0.05, 0) is 49.9 Å². The Labute approximate surface area is 114 Å². The highest BCUT2D eigenvalue weighted by atomic mass is 16.5. The molecule has 0 aliphatic carbocycles. The number of hydrogen-bond donors (Lipinski definition) is 1. The maximum Gasteiger partial charge on any atom is 0.260 e. The van der Waals surface area contributed by atoms with E-state index >= 15 is 0 Å². The topological polar surface area (TPSA) is 49.8 Å². The Hall–Kier alpha value is -1.55. The van der Waals surface area contributed by atoms with E-state index in [1.54, 1.807) is 4.90 Å². The molecule has 1 fully saturated rings. The molecule has 1 heterocycles. The predicted molar refractivity (Wildman–Crippen MR) is 73.2 cm³/mol. The van der Waals surface area contributed by atoms with E-state index < -0.39 is 0 Å². The van der Waals surface area contributed by atoms with Crippen molar-refractivity contribution in [2.75, 3.05) is 19.8 Å². The lowest BCUT2D eigenvalue weighted by atomic mass is 10.1. The molecule has 1 amide bonds. The maximum atomic E-state index is 12.0. The minimum Gasteiger partial charge on any atom is -0.484 e. The summed E-state index contributed by atoms with van der Waals surface area (Å²) in [6.07, 6.45) is 1.84. The lowest BCUT2D eigenvalue weighted by molar-refractivity contribution is -0.134. The average Bonchev–Trinajstić information content (AvgIpc) is 2.83. The monoisotopic (exact) mass is 263 g/mol. The molecule has 1 aromatic carbocycles. The van der Waals surface area contributed by atoms with E-state index in [1.165, 1.54) is 0 Å². The Kier molecular flexibility index (Phi) is 4.43. The fourth-order valence-corrected chi connectivity index (χ4v) is 2.60. The molecule has 0 unspecified atom stereocenters. The lowest BCUT2D eigenvalue weighted by Gasteiger charge is -2.23. The van der Waals surface area contributed by atoms with Crippen LogP contribution in [0.15, 0.2) is 18.2 Å². The number of nitrogens with zero attached hydrogens (tertiary/aromatic N) is 1. The third-order valence-corrected chi connectivity index (χ3v) is 3.47. The van der Waals surface area contributed by atoms with Crippen molar-refractivity contribution >= 4 is 5.91 Å². The lowest BCUT2D eigenvalue weighted by Crippen LogP contribution is -2.40. The third-order valence-electron chi connectivity index (χ3n) is 3.47. The van der Waals surface area contributed by atoms with E-state index in [-0.39, 0.29) is 25.2 Å². The number of amides is 1. The number of likely N-dealkylation sites (tertiary alicyclic amines) is 1. The van der Waals surface area contributed by atoms with Gasteiger partial charge >= 0.3 is 0 Å². The van der Waals surface area contributed by atoms with Crippen molar-refractivity contribution in [2.45, 2.75) is 32.7 Å². The summed E-state index contributed by atoms with van der Waals surface area (Å²) in [5.41, 5.74) is 2.24. The van der Waals surface area contributed by atoms with Crippen LogP contribution < -0.4 is 4.74 Å². The molecule has 4 heteroatoms. The highest BCUT2D eigenvalue weighted by Gasteiger charge is 2.28. The summed E-state index contributed by atoms with van der Waals surface area (Å²) in [5.74, 6) is 0.682. The Morgan fingerprint density at radius 2 is 2.05 bits per heavy atom. The van der Waals surface area contributed by atoms with E-state index in [0.717, 1.165) is 36.3 Å². The molecular weight excluding hydrogens is 242 g/mol. The molecular formula is C15H21NO3. The largest absolute Gasteiger partial charge is 0.484 e. The van der Waals surface area contributed by atoms with Crippen LogP contribution in [-0.4, -0.2) is 41.7 Å². The van der Waals surface area contributed by atoms with E-state index in [4.69, 9.17) is 4.74 Å². The molecule has 19 heavy (non-hydrogen) atoms. The van der Waals surface area contributed by atoms with Gasteiger partial charge < -0.3 is 14.7 Å². The Morgan fingerprint density at radius 1 is 1.37 bits per heavy atom. The second-order valence-electron chi connectivity index (χ2n) is 5.18. The van der Waals surface area contributed by atoms with Crippen molar-refractivity contribution < 1.29 is 14.6 Å². The highest BCUT2D eigenvalue weighted by molar-refractivity contribution is 5.78. The SMILES string of the molecule is Cc1cc(C)cc(OCC(=O)N2CCC[C@@H]2CO)c1.